The van der Waals surface area contributed by atoms with Gasteiger partial charge in [-0.15, -0.1) is 0 Å². The van der Waals surface area contributed by atoms with Gasteiger partial charge in [-0.3, -0.25) is 4.98 Å². The van der Waals surface area contributed by atoms with E-state index < -0.39 is 0 Å². The Bertz CT molecular complexity index is 543. The number of ether oxygens (including phenoxy) is 1. The first-order valence-corrected chi connectivity index (χ1v) is 6.10. The van der Waals surface area contributed by atoms with Crippen LogP contribution in [0.2, 0.25) is 5.02 Å². The molecule has 4 heteroatoms. The van der Waals surface area contributed by atoms with Crippen molar-refractivity contribution in [1.29, 1.82) is 0 Å². The third-order valence-corrected chi connectivity index (χ3v) is 2.83. The van der Waals surface area contributed by atoms with Crippen LogP contribution in [0.15, 0.2) is 36.7 Å². The van der Waals surface area contributed by atoms with E-state index in [1.807, 2.05) is 38.2 Å². The maximum Gasteiger partial charge on any atom is 0.146 e. The molecule has 18 heavy (non-hydrogen) atoms. The Kier molecular flexibility index (Phi) is 4.18. The van der Waals surface area contributed by atoms with E-state index in [1.165, 1.54) is 0 Å². The number of hydrogen-bond acceptors (Lipinski definition) is 3. The molecule has 2 aromatic rings. The minimum absolute atomic E-state index is 0.613. The molecule has 0 saturated carbocycles. The lowest BCUT2D eigenvalue weighted by Crippen LogP contribution is -2.06. The second kappa shape index (κ2) is 5.85. The Hall–Kier alpha value is -1.58. The van der Waals surface area contributed by atoms with Crippen LogP contribution < -0.4 is 10.1 Å². The quantitative estimate of drug-likeness (QED) is 0.915. The predicted molar refractivity (Wildman–Crippen MR) is 73.3 cm³/mol. The molecule has 3 nitrogen and oxygen atoms in total. The first-order chi connectivity index (χ1) is 8.70. The van der Waals surface area contributed by atoms with Crippen LogP contribution in [0.25, 0.3) is 0 Å². The Labute approximate surface area is 112 Å². The molecule has 2 rings (SSSR count). The van der Waals surface area contributed by atoms with E-state index in [9.17, 15) is 0 Å². The molecule has 0 saturated heterocycles. The summed E-state index contributed by atoms with van der Waals surface area (Å²) in [5, 5.41) is 3.69. The van der Waals surface area contributed by atoms with Gasteiger partial charge in [-0.05, 0) is 37.7 Å². The third-order valence-electron chi connectivity index (χ3n) is 2.53. The van der Waals surface area contributed by atoms with Gasteiger partial charge in [0.25, 0.3) is 0 Å². The Morgan fingerprint density at radius 2 is 2.11 bits per heavy atom. The van der Waals surface area contributed by atoms with Gasteiger partial charge in [0.15, 0.2) is 0 Å². The number of aromatic nitrogens is 1. The Balaban J connectivity index is 2.28. The van der Waals surface area contributed by atoms with E-state index >= 15 is 0 Å². The lowest BCUT2D eigenvalue weighted by molar-refractivity contribution is 0.473. The van der Waals surface area contributed by atoms with Crippen LogP contribution in [0, 0.1) is 6.92 Å². The molecule has 1 N–H and O–H groups in total. The molecule has 1 heterocycles. The summed E-state index contributed by atoms with van der Waals surface area (Å²) in [4.78, 5) is 4.09. The lowest BCUT2D eigenvalue weighted by atomic mass is 10.2. The van der Waals surface area contributed by atoms with Crippen LogP contribution in [0.1, 0.15) is 11.1 Å². The van der Waals surface area contributed by atoms with Gasteiger partial charge < -0.3 is 10.1 Å². The molecule has 0 unspecified atom stereocenters. The summed E-state index contributed by atoms with van der Waals surface area (Å²) in [5.74, 6) is 1.43. The van der Waals surface area contributed by atoms with Crippen molar-refractivity contribution in [3.8, 4) is 11.5 Å². The highest BCUT2D eigenvalue weighted by Gasteiger charge is 2.07. The van der Waals surface area contributed by atoms with Crippen molar-refractivity contribution in [2.45, 2.75) is 13.5 Å². The number of nitrogens with zero attached hydrogens (tertiary/aromatic N) is 1. The fraction of sp³-hybridized carbons (Fsp3) is 0.214. The van der Waals surface area contributed by atoms with Crippen molar-refractivity contribution in [3.63, 3.8) is 0 Å². The van der Waals surface area contributed by atoms with E-state index in [-0.39, 0.29) is 0 Å². The third kappa shape index (κ3) is 3.00. The van der Waals surface area contributed by atoms with Crippen LogP contribution >= 0.6 is 11.6 Å². The van der Waals surface area contributed by atoms with E-state index in [0.717, 1.165) is 16.9 Å². The predicted octanol–water partition coefficient (Wildman–Crippen LogP) is 3.56. The van der Waals surface area contributed by atoms with Gasteiger partial charge >= 0.3 is 0 Å². The van der Waals surface area contributed by atoms with Gasteiger partial charge in [0.2, 0.25) is 0 Å². The van der Waals surface area contributed by atoms with Crippen LogP contribution in [0.3, 0.4) is 0 Å². The molecule has 0 fully saturated rings. The molecule has 0 atom stereocenters. The van der Waals surface area contributed by atoms with Gasteiger partial charge in [0.1, 0.15) is 11.5 Å². The SMILES string of the molecule is CNCc1cnccc1Oc1ccc(C)cc1Cl. The average Bonchev–Trinajstić information content (AvgIpc) is 2.35. The number of benzene rings is 1. The van der Waals surface area contributed by atoms with Crippen molar-refractivity contribution in [2.24, 2.45) is 0 Å². The first kappa shape index (κ1) is 12.9. The van der Waals surface area contributed by atoms with Crippen molar-refractivity contribution < 1.29 is 4.74 Å². The van der Waals surface area contributed by atoms with Gasteiger partial charge in [0.05, 0.1) is 5.02 Å². The number of halogens is 1. The molecule has 0 aliphatic heterocycles. The molecule has 1 aromatic carbocycles. The van der Waals surface area contributed by atoms with E-state index in [2.05, 4.69) is 10.3 Å². The number of pyridine rings is 1. The molecule has 0 radical (unpaired) electrons. The average molecular weight is 263 g/mol. The van der Waals surface area contributed by atoms with E-state index in [4.69, 9.17) is 16.3 Å². The molecular formula is C14H15ClN2O. The maximum atomic E-state index is 6.15. The lowest BCUT2D eigenvalue weighted by Gasteiger charge is -2.11. The highest BCUT2D eigenvalue weighted by Crippen LogP contribution is 2.31. The zero-order chi connectivity index (χ0) is 13.0. The van der Waals surface area contributed by atoms with E-state index in [1.54, 1.807) is 12.4 Å². The number of nitrogens with one attached hydrogen (secondary N) is 1. The summed E-state index contributed by atoms with van der Waals surface area (Å²) in [5.41, 5.74) is 2.11. The molecular weight excluding hydrogens is 248 g/mol. The topological polar surface area (TPSA) is 34.2 Å². The summed E-state index contributed by atoms with van der Waals surface area (Å²) in [7, 11) is 1.88. The second-order valence-electron chi connectivity index (χ2n) is 4.05. The zero-order valence-electron chi connectivity index (χ0n) is 10.4. The first-order valence-electron chi connectivity index (χ1n) is 5.72. The number of rotatable bonds is 4. The molecule has 0 amide bonds. The van der Waals surface area contributed by atoms with Crippen LogP contribution in [-0.2, 0) is 6.54 Å². The fourth-order valence-electron chi connectivity index (χ4n) is 1.64. The Morgan fingerprint density at radius 3 is 2.83 bits per heavy atom. The van der Waals surface area contributed by atoms with Crippen molar-refractivity contribution >= 4 is 11.6 Å². The molecule has 94 valence electrons. The normalized spacial score (nSPS) is 10.4. The van der Waals surface area contributed by atoms with Gasteiger partial charge in [-0.1, -0.05) is 17.7 Å². The minimum Gasteiger partial charge on any atom is -0.455 e. The van der Waals surface area contributed by atoms with Gasteiger partial charge in [-0.2, -0.15) is 0 Å². The summed E-state index contributed by atoms with van der Waals surface area (Å²) in [6.07, 6.45) is 3.49. The summed E-state index contributed by atoms with van der Waals surface area (Å²) in [6, 6.07) is 7.57. The molecule has 1 aromatic heterocycles. The van der Waals surface area contributed by atoms with Gasteiger partial charge in [0, 0.05) is 24.5 Å². The van der Waals surface area contributed by atoms with Crippen LogP contribution in [0.5, 0.6) is 11.5 Å². The largest absolute Gasteiger partial charge is 0.455 e. The highest BCUT2D eigenvalue weighted by atomic mass is 35.5. The second-order valence-corrected chi connectivity index (χ2v) is 4.46. The van der Waals surface area contributed by atoms with Gasteiger partial charge in [-0.25, -0.2) is 0 Å². The van der Waals surface area contributed by atoms with Crippen molar-refractivity contribution in [1.82, 2.24) is 10.3 Å². The van der Waals surface area contributed by atoms with Crippen molar-refractivity contribution in [2.75, 3.05) is 7.05 Å². The smallest absolute Gasteiger partial charge is 0.146 e. The zero-order valence-corrected chi connectivity index (χ0v) is 11.2. The summed E-state index contributed by atoms with van der Waals surface area (Å²) in [6.45, 7) is 2.70. The number of aryl methyl sites for hydroxylation is 1. The Morgan fingerprint density at radius 1 is 1.28 bits per heavy atom. The molecule has 0 spiro atoms. The molecule has 0 bridgehead atoms. The minimum atomic E-state index is 0.613. The maximum absolute atomic E-state index is 6.15. The van der Waals surface area contributed by atoms with Crippen LogP contribution in [-0.4, -0.2) is 12.0 Å². The summed E-state index contributed by atoms with van der Waals surface area (Å²) < 4.78 is 5.84. The highest BCUT2D eigenvalue weighted by molar-refractivity contribution is 6.32. The number of hydrogen-bond donors (Lipinski definition) is 1. The van der Waals surface area contributed by atoms with Crippen molar-refractivity contribution in [3.05, 3.63) is 52.8 Å². The fourth-order valence-corrected chi connectivity index (χ4v) is 1.92. The molecule has 0 aliphatic carbocycles. The van der Waals surface area contributed by atoms with Crippen LogP contribution in [0.4, 0.5) is 0 Å². The standard InChI is InChI=1S/C14H15ClN2O/c1-10-3-4-14(12(15)7-10)18-13-5-6-17-9-11(13)8-16-2/h3-7,9,16H,8H2,1-2H3. The molecule has 0 aliphatic rings. The summed E-state index contributed by atoms with van der Waals surface area (Å²) >= 11 is 6.15. The monoisotopic (exact) mass is 262 g/mol. The van der Waals surface area contributed by atoms with E-state index in [0.29, 0.717) is 17.3 Å².